The number of halogens is 1. The van der Waals surface area contributed by atoms with E-state index in [0.29, 0.717) is 11.1 Å². The van der Waals surface area contributed by atoms with Crippen LogP contribution in [0, 0.1) is 13.8 Å². The molecule has 0 spiro atoms. The SMILES string of the molecule is Cc1cc(Br)cc(C)c1NC(=O)c1cccc(C(N)=O)c1. The smallest absolute Gasteiger partial charge is 0.255 e. The van der Waals surface area contributed by atoms with Gasteiger partial charge in [-0.2, -0.15) is 0 Å². The maximum atomic E-state index is 12.3. The van der Waals surface area contributed by atoms with Crippen molar-refractivity contribution in [2.24, 2.45) is 5.73 Å². The molecule has 0 fully saturated rings. The number of carbonyl (C=O) groups excluding carboxylic acids is 2. The molecule has 5 heteroatoms. The van der Waals surface area contributed by atoms with E-state index in [4.69, 9.17) is 5.73 Å². The fraction of sp³-hybridized carbons (Fsp3) is 0.125. The van der Waals surface area contributed by atoms with Crippen LogP contribution in [-0.2, 0) is 0 Å². The van der Waals surface area contributed by atoms with E-state index in [-0.39, 0.29) is 5.91 Å². The maximum absolute atomic E-state index is 12.3. The van der Waals surface area contributed by atoms with Crippen molar-refractivity contribution in [2.75, 3.05) is 5.32 Å². The summed E-state index contributed by atoms with van der Waals surface area (Å²) in [6.07, 6.45) is 0. The molecule has 4 nitrogen and oxygen atoms in total. The van der Waals surface area contributed by atoms with Crippen molar-refractivity contribution in [3.63, 3.8) is 0 Å². The Morgan fingerprint density at radius 1 is 1.05 bits per heavy atom. The summed E-state index contributed by atoms with van der Waals surface area (Å²) in [6.45, 7) is 3.85. The van der Waals surface area contributed by atoms with Crippen molar-refractivity contribution in [3.8, 4) is 0 Å². The maximum Gasteiger partial charge on any atom is 0.255 e. The molecular weight excluding hydrogens is 332 g/mol. The number of nitrogens with one attached hydrogen (secondary N) is 1. The van der Waals surface area contributed by atoms with Crippen LogP contribution in [0.2, 0.25) is 0 Å². The Morgan fingerprint density at radius 2 is 1.62 bits per heavy atom. The van der Waals surface area contributed by atoms with Gasteiger partial charge in [0.1, 0.15) is 0 Å². The molecule has 0 radical (unpaired) electrons. The lowest BCUT2D eigenvalue weighted by atomic mass is 10.1. The van der Waals surface area contributed by atoms with Crippen molar-refractivity contribution in [3.05, 3.63) is 63.1 Å². The van der Waals surface area contributed by atoms with E-state index in [9.17, 15) is 9.59 Å². The molecule has 2 aromatic carbocycles. The Balaban J connectivity index is 2.30. The van der Waals surface area contributed by atoms with Crippen LogP contribution >= 0.6 is 15.9 Å². The van der Waals surface area contributed by atoms with Crippen LogP contribution in [0.3, 0.4) is 0 Å². The highest BCUT2D eigenvalue weighted by atomic mass is 79.9. The van der Waals surface area contributed by atoms with Crippen LogP contribution in [0.15, 0.2) is 40.9 Å². The summed E-state index contributed by atoms with van der Waals surface area (Å²) < 4.78 is 0.964. The molecule has 0 aliphatic heterocycles. The fourth-order valence-electron chi connectivity index (χ4n) is 2.11. The minimum atomic E-state index is -0.555. The number of hydrogen-bond acceptors (Lipinski definition) is 2. The first-order valence-corrected chi connectivity index (χ1v) is 7.15. The van der Waals surface area contributed by atoms with E-state index in [1.807, 2.05) is 26.0 Å². The number of anilines is 1. The number of hydrogen-bond donors (Lipinski definition) is 2. The van der Waals surface area contributed by atoms with Crippen LogP contribution in [0.25, 0.3) is 0 Å². The summed E-state index contributed by atoms with van der Waals surface area (Å²) in [5.74, 6) is -0.827. The number of amides is 2. The molecule has 2 rings (SSSR count). The molecule has 0 atom stereocenters. The van der Waals surface area contributed by atoms with Crippen molar-refractivity contribution in [1.82, 2.24) is 0 Å². The van der Waals surface area contributed by atoms with Gasteiger partial charge in [0.2, 0.25) is 5.91 Å². The van der Waals surface area contributed by atoms with Crippen molar-refractivity contribution in [1.29, 1.82) is 0 Å². The van der Waals surface area contributed by atoms with E-state index in [1.165, 1.54) is 6.07 Å². The Labute approximate surface area is 131 Å². The zero-order chi connectivity index (χ0) is 15.6. The second-order valence-electron chi connectivity index (χ2n) is 4.81. The predicted molar refractivity (Wildman–Crippen MR) is 86.5 cm³/mol. The van der Waals surface area contributed by atoms with Crippen LogP contribution in [0.4, 0.5) is 5.69 Å². The van der Waals surface area contributed by atoms with Crippen LogP contribution < -0.4 is 11.1 Å². The summed E-state index contributed by atoms with van der Waals surface area (Å²) in [6, 6.07) is 10.2. The number of primary amides is 1. The highest BCUT2D eigenvalue weighted by molar-refractivity contribution is 9.10. The lowest BCUT2D eigenvalue weighted by Crippen LogP contribution is -2.16. The molecular formula is C16H15BrN2O2. The third-order valence-electron chi connectivity index (χ3n) is 3.15. The predicted octanol–water partition coefficient (Wildman–Crippen LogP) is 3.42. The number of carbonyl (C=O) groups is 2. The molecule has 0 saturated heterocycles. The molecule has 2 aromatic rings. The number of rotatable bonds is 3. The summed E-state index contributed by atoms with van der Waals surface area (Å²) >= 11 is 3.42. The van der Waals surface area contributed by atoms with Gasteiger partial charge >= 0.3 is 0 Å². The number of aryl methyl sites for hydroxylation is 2. The van der Waals surface area contributed by atoms with Gasteiger partial charge in [0.25, 0.3) is 5.91 Å². The first-order chi connectivity index (χ1) is 9.88. The summed E-state index contributed by atoms with van der Waals surface area (Å²) in [5, 5.41) is 2.88. The quantitative estimate of drug-likeness (QED) is 0.893. The zero-order valence-corrected chi connectivity index (χ0v) is 13.3. The molecule has 108 valence electrons. The molecule has 0 saturated carbocycles. The van der Waals surface area contributed by atoms with E-state index >= 15 is 0 Å². The molecule has 3 N–H and O–H groups in total. The van der Waals surface area contributed by atoms with Crippen molar-refractivity contribution in [2.45, 2.75) is 13.8 Å². The van der Waals surface area contributed by atoms with Gasteiger partial charge in [0.05, 0.1) is 0 Å². The van der Waals surface area contributed by atoms with Crippen molar-refractivity contribution < 1.29 is 9.59 Å². The largest absolute Gasteiger partial charge is 0.366 e. The third kappa shape index (κ3) is 3.49. The summed E-state index contributed by atoms with van der Waals surface area (Å²) in [7, 11) is 0. The average molecular weight is 347 g/mol. The highest BCUT2D eigenvalue weighted by Crippen LogP contribution is 2.25. The Morgan fingerprint density at radius 3 is 2.19 bits per heavy atom. The number of nitrogens with two attached hydrogens (primary N) is 1. The Kier molecular flexibility index (Phi) is 4.43. The molecule has 0 heterocycles. The average Bonchev–Trinajstić information content (AvgIpc) is 2.42. The standard InChI is InChI=1S/C16H15BrN2O2/c1-9-6-13(17)7-10(2)14(9)19-16(21)12-5-3-4-11(8-12)15(18)20/h3-8H,1-2H3,(H2,18,20)(H,19,21). The second kappa shape index (κ2) is 6.10. The van der Waals surface area contributed by atoms with Crippen LogP contribution in [0.1, 0.15) is 31.8 Å². The van der Waals surface area contributed by atoms with Crippen LogP contribution in [-0.4, -0.2) is 11.8 Å². The molecule has 0 aliphatic rings. The van der Waals surface area contributed by atoms with E-state index < -0.39 is 5.91 Å². The highest BCUT2D eigenvalue weighted by Gasteiger charge is 2.12. The molecule has 21 heavy (non-hydrogen) atoms. The number of benzene rings is 2. The van der Waals surface area contributed by atoms with Gasteiger partial charge in [-0.25, -0.2) is 0 Å². The lowest BCUT2D eigenvalue weighted by Gasteiger charge is -2.12. The molecule has 0 aliphatic carbocycles. The van der Waals surface area contributed by atoms with Crippen LogP contribution in [0.5, 0.6) is 0 Å². The molecule has 0 unspecified atom stereocenters. The lowest BCUT2D eigenvalue weighted by molar-refractivity contribution is 0.1000. The van der Waals surface area contributed by atoms with Gasteiger partial charge in [-0.3, -0.25) is 9.59 Å². The normalized spacial score (nSPS) is 10.2. The monoisotopic (exact) mass is 346 g/mol. The van der Waals surface area contributed by atoms with Gasteiger partial charge in [0, 0.05) is 21.3 Å². The molecule has 0 bridgehead atoms. The zero-order valence-electron chi connectivity index (χ0n) is 11.7. The second-order valence-corrected chi connectivity index (χ2v) is 5.73. The first-order valence-electron chi connectivity index (χ1n) is 6.36. The van der Waals surface area contributed by atoms with E-state index in [2.05, 4.69) is 21.2 Å². The van der Waals surface area contributed by atoms with Crippen molar-refractivity contribution >= 4 is 33.4 Å². The molecule has 2 amide bonds. The van der Waals surface area contributed by atoms with E-state index in [1.54, 1.807) is 18.2 Å². The third-order valence-corrected chi connectivity index (χ3v) is 3.60. The molecule has 0 aromatic heterocycles. The Bertz CT molecular complexity index is 703. The van der Waals surface area contributed by atoms with Gasteiger partial charge in [0.15, 0.2) is 0 Å². The van der Waals surface area contributed by atoms with E-state index in [0.717, 1.165) is 21.3 Å². The fourth-order valence-corrected chi connectivity index (χ4v) is 2.79. The summed E-state index contributed by atoms with van der Waals surface area (Å²) in [4.78, 5) is 23.5. The van der Waals surface area contributed by atoms with Gasteiger partial charge in [-0.05, 0) is 55.3 Å². The summed E-state index contributed by atoms with van der Waals surface area (Å²) in [5.41, 5.74) is 8.62. The van der Waals surface area contributed by atoms with Gasteiger partial charge in [-0.15, -0.1) is 0 Å². The Hall–Kier alpha value is -2.14. The minimum absolute atomic E-state index is 0.272. The first kappa shape index (κ1) is 15.3. The van der Waals surface area contributed by atoms with Gasteiger partial charge in [-0.1, -0.05) is 22.0 Å². The van der Waals surface area contributed by atoms with Gasteiger partial charge < -0.3 is 11.1 Å². The minimum Gasteiger partial charge on any atom is -0.366 e. The topological polar surface area (TPSA) is 72.2 Å².